The number of alkyl halides is 3. The topological polar surface area (TPSA) is 88.6 Å². The number of aromatic nitrogens is 2. The van der Waals surface area contributed by atoms with Gasteiger partial charge in [0, 0.05) is 33.4 Å². The van der Waals surface area contributed by atoms with E-state index >= 15 is 4.39 Å². The number of benzene rings is 1. The zero-order valence-electron chi connectivity index (χ0n) is 19.2. The Labute approximate surface area is 200 Å². The van der Waals surface area contributed by atoms with Crippen LogP contribution < -0.4 is 15.5 Å². The zero-order chi connectivity index (χ0) is 25.1. The summed E-state index contributed by atoms with van der Waals surface area (Å²) in [6.45, 7) is 1.78. The van der Waals surface area contributed by atoms with E-state index < -0.39 is 29.0 Å². The van der Waals surface area contributed by atoms with Crippen molar-refractivity contribution in [3.63, 3.8) is 0 Å². The second-order valence-corrected chi connectivity index (χ2v) is 8.59. The SMILES string of the molecule is CNC(=O)C1(CNc2ncnc(N3CCOCC3c3ccc(C(F)(F)F)cc3)c2F)CCOCC1. The molecule has 2 N–H and O–H groups in total. The lowest BCUT2D eigenvalue weighted by atomic mass is 9.79. The van der Waals surface area contributed by atoms with Gasteiger partial charge in [-0.1, -0.05) is 12.1 Å². The number of rotatable bonds is 6. The van der Waals surface area contributed by atoms with Crippen molar-refractivity contribution < 1.29 is 31.8 Å². The average molecular weight is 497 g/mol. The Kier molecular flexibility index (Phi) is 7.41. The van der Waals surface area contributed by atoms with Crippen LogP contribution in [0.15, 0.2) is 30.6 Å². The summed E-state index contributed by atoms with van der Waals surface area (Å²) in [6, 6.07) is 4.20. The summed E-state index contributed by atoms with van der Waals surface area (Å²) in [5, 5.41) is 5.64. The number of nitrogens with one attached hydrogen (secondary N) is 2. The number of hydrogen-bond acceptors (Lipinski definition) is 7. The van der Waals surface area contributed by atoms with Gasteiger partial charge in [-0.15, -0.1) is 0 Å². The quantitative estimate of drug-likeness (QED) is 0.593. The first-order valence-corrected chi connectivity index (χ1v) is 11.3. The van der Waals surface area contributed by atoms with Gasteiger partial charge in [-0.05, 0) is 30.5 Å². The highest BCUT2D eigenvalue weighted by atomic mass is 19.4. The van der Waals surface area contributed by atoms with E-state index in [4.69, 9.17) is 9.47 Å². The normalized spacial score (nSPS) is 20.4. The van der Waals surface area contributed by atoms with Crippen molar-refractivity contribution in [3.05, 3.63) is 47.5 Å². The van der Waals surface area contributed by atoms with Crippen LogP contribution in [0.2, 0.25) is 0 Å². The smallest absolute Gasteiger partial charge is 0.381 e. The van der Waals surface area contributed by atoms with Gasteiger partial charge in [0.15, 0.2) is 11.6 Å². The molecule has 2 aliphatic rings. The molecule has 2 aromatic rings. The van der Waals surface area contributed by atoms with Crippen LogP contribution in [0.5, 0.6) is 0 Å². The summed E-state index contributed by atoms with van der Waals surface area (Å²) in [7, 11) is 1.56. The van der Waals surface area contributed by atoms with Gasteiger partial charge >= 0.3 is 6.18 Å². The molecule has 190 valence electrons. The minimum atomic E-state index is -4.45. The summed E-state index contributed by atoms with van der Waals surface area (Å²) in [4.78, 5) is 22.4. The number of morpholine rings is 1. The minimum absolute atomic E-state index is 0.0108. The molecule has 1 aromatic heterocycles. The predicted molar refractivity (Wildman–Crippen MR) is 119 cm³/mol. The Hall–Kier alpha value is -2.99. The van der Waals surface area contributed by atoms with E-state index in [1.807, 2.05) is 0 Å². The van der Waals surface area contributed by atoms with Crippen molar-refractivity contribution in [2.24, 2.45) is 5.41 Å². The first-order valence-electron chi connectivity index (χ1n) is 11.3. The van der Waals surface area contributed by atoms with Crippen LogP contribution in [0.1, 0.15) is 30.0 Å². The molecule has 12 heteroatoms. The highest BCUT2D eigenvalue weighted by Crippen LogP contribution is 2.35. The van der Waals surface area contributed by atoms with Crippen LogP contribution in [0.3, 0.4) is 0 Å². The monoisotopic (exact) mass is 497 g/mol. The van der Waals surface area contributed by atoms with Gasteiger partial charge in [0.25, 0.3) is 0 Å². The highest BCUT2D eigenvalue weighted by Gasteiger charge is 2.40. The first-order chi connectivity index (χ1) is 16.7. The number of nitrogens with zero attached hydrogens (tertiary/aromatic N) is 3. The van der Waals surface area contributed by atoms with E-state index in [-0.39, 0.29) is 30.7 Å². The fourth-order valence-corrected chi connectivity index (χ4v) is 4.48. The molecule has 4 rings (SSSR count). The third-order valence-corrected chi connectivity index (χ3v) is 6.55. The Morgan fingerprint density at radius 2 is 1.86 bits per heavy atom. The molecule has 2 saturated heterocycles. The van der Waals surface area contributed by atoms with E-state index in [0.717, 1.165) is 12.1 Å². The maximum absolute atomic E-state index is 15.6. The lowest BCUT2D eigenvalue weighted by Gasteiger charge is -2.37. The fourth-order valence-electron chi connectivity index (χ4n) is 4.48. The summed E-state index contributed by atoms with van der Waals surface area (Å²) in [5.74, 6) is -0.900. The summed E-state index contributed by atoms with van der Waals surface area (Å²) in [6.07, 6.45) is -2.26. The highest BCUT2D eigenvalue weighted by molar-refractivity contribution is 5.83. The molecule has 1 aromatic carbocycles. The molecule has 2 fully saturated rings. The van der Waals surface area contributed by atoms with Gasteiger partial charge in [0.2, 0.25) is 11.7 Å². The minimum Gasteiger partial charge on any atom is -0.381 e. The number of carbonyl (C=O) groups is 1. The maximum atomic E-state index is 15.6. The molecular weight excluding hydrogens is 470 g/mol. The van der Waals surface area contributed by atoms with E-state index in [2.05, 4.69) is 20.6 Å². The van der Waals surface area contributed by atoms with Crippen LogP contribution in [-0.2, 0) is 20.4 Å². The molecule has 8 nitrogen and oxygen atoms in total. The summed E-state index contributed by atoms with van der Waals surface area (Å²) >= 11 is 0. The van der Waals surface area contributed by atoms with Gasteiger partial charge in [-0.3, -0.25) is 4.79 Å². The molecule has 2 aliphatic heterocycles. The van der Waals surface area contributed by atoms with Gasteiger partial charge < -0.3 is 25.0 Å². The molecule has 35 heavy (non-hydrogen) atoms. The van der Waals surface area contributed by atoms with Gasteiger partial charge in [0.1, 0.15) is 6.33 Å². The third kappa shape index (κ3) is 5.32. The number of carbonyl (C=O) groups excluding carboxylic acids is 1. The first kappa shape index (κ1) is 25.1. The summed E-state index contributed by atoms with van der Waals surface area (Å²) < 4.78 is 65.4. The lowest BCUT2D eigenvalue weighted by Crippen LogP contribution is -2.48. The molecule has 0 bridgehead atoms. The molecular formula is C23H27F4N5O3. The standard InChI is InChI=1S/C23H27F4N5O3/c1-28-21(33)22(6-9-34-10-7-22)13-29-19-18(24)20(31-14-30-19)32-8-11-35-12-17(32)15-2-4-16(5-3-15)23(25,26)27/h2-5,14,17H,6-13H2,1H3,(H,28,33)(H,29,30,31). The van der Waals surface area contributed by atoms with Gasteiger partial charge in [-0.25, -0.2) is 9.97 Å². The molecule has 0 radical (unpaired) electrons. The van der Waals surface area contributed by atoms with Crippen LogP contribution in [-0.4, -0.2) is 62.4 Å². The lowest BCUT2D eigenvalue weighted by molar-refractivity contribution is -0.137. The number of anilines is 2. The Morgan fingerprint density at radius 3 is 2.51 bits per heavy atom. The van der Waals surface area contributed by atoms with E-state index in [0.29, 0.717) is 44.8 Å². The van der Waals surface area contributed by atoms with Crippen LogP contribution in [0.4, 0.5) is 29.2 Å². The Balaban J connectivity index is 1.57. The molecule has 1 atom stereocenters. The predicted octanol–water partition coefficient (Wildman–Crippen LogP) is 3.17. The van der Waals surface area contributed by atoms with E-state index in [9.17, 15) is 18.0 Å². The van der Waals surface area contributed by atoms with Crippen LogP contribution >= 0.6 is 0 Å². The third-order valence-electron chi connectivity index (χ3n) is 6.55. The Morgan fingerprint density at radius 1 is 1.14 bits per heavy atom. The number of amides is 1. The molecule has 1 amide bonds. The van der Waals surface area contributed by atoms with Crippen LogP contribution in [0, 0.1) is 11.2 Å². The van der Waals surface area contributed by atoms with Gasteiger partial charge in [0.05, 0.1) is 30.2 Å². The van der Waals surface area contributed by atoms with Gasteiger partial charge in [-0.2, -0.15) is 17.6 Å². The van der Waals surface area contributed by atoms with E-state index in [1.165, 1.54) is 18.5 Å². The average Bonchev–Trinajstić information content (AvgIpc) is 2.88. The molecule has 0 saturated carbocycles. The van der Waals surface area contributed by atoms with E-state index in [1.54, 1.807) is 11.9 Å². The molecule has 1 unspecified atom stereocenters. The van der Waals surface area contributed by atoms with Crippen molar-refractivity contribution in [3.8, 4) is 0 Å². The van der Waals surface area contributed by atoms with Crippen LogP contribution in [0.25, 0.3) is 0 Å². The number of halogens is 4. The zero-order valence-corrected chi connectivity index (χ0v) is 19.2. The number of ether oxygens (including phenoxy) is 2. The van der Waals surface area contributed by atoms with Crippen molar-refractivity contribution in [1.29, 1.82) is 0 Å². The van der Waals surface area contributed by atoms with Crippen molar-refractivity contribution >= 4 is 17.5 Å². The summed E-state index contributed by atoms with van der Waals surface area (Å²) in [5.41, 5.74) is -0.972. The fraction of sp³-hybridized carbons (Fsp3) is 0.522. The molecule has 3 heterocycles. The largest absolute Gasteiger partial charge is 0.416 e. The number of hydrogen-bond donors (Lipinski definition) is 2. The second-order valence-electron chi connectivity index (χ2n) is 8.59. The van der Waals surface area contributed by atoms with Crippen molar-refractivity contribution in [2.45, 2.75) is 25.1 Å². The maximum Gasteiger partial charge on any atom is 0.416 e. The molecule has 0 aliphatic carbocycles. The van der Waals surface area contributed by atoms with Crippen molar-refractivity contribution in [1.82, 2.24) is 15.3 Å². The van der Waals surface area contributed by atoms with Crippen molar-refractivity contribution in [2.75, 3.05) is 56.8 Å². The second kappa shape index (κ2) is 10.3. The molecule has 0 spiro atoms. The Bertz CT molecular complexity index is 1030.